The summed E-state index contributed by atoms with van der Waals surface area (Å²) >= 11 is 0. The molecule has 116 valence electrons. The third-order valence-corrected chi connectivity index (χ3v) is 3.63. The Kier molecular flexibility index (Phi) is 4.24. The number of rotatable bonds is 4. The van der Waals surface area contributed by atoms with Crippen molar-refractivity contribution in [3.05, 3.63) is 88.0 Å². The van der Waals surface area contributed by atoms with E-state index < -0.39 is 0 Å². The van der Waals surface area contributed by atoms with E-state index in [0.717, 1.165) is 22.4 Å². The highest BCUT2D eigenvalue weighted by atomic mass is 16.1. The van der Waals surface area contributed by atoms with Crippen LogP contribution in [0.25, 0.3) is 5.69 Å². The van der Waals surface area contributed by atoms with Crippen molar-refractivity contribution in [2.24, 2.45) is 0 Å². The minimum absolute atomic E-state index is 0.145. The SMILES string of the molecule is Cc1cc(C)cc(-n2ccnc(NCc3ccccc3)c2=O)c1. The third-order valence-electron chi connectivity index (χ3n) is 3.63. The molecule has 1 aromatic heterocycles. The maximum Gasteiger partial charge on any atom is 0.297 e. The van der Waals surface area contributed by atoms with Gasteiger partial charge in [0.2, 0.25) is 0 Å². The molecule has 1 N–H and O–H groups in total. The van der Waals surface area contributed by atoms with Crippen molar-refractivity contribution in [2.45, 2.75) is 20.4 Å². The highest BCUT2D eigenvalue weighted by Gasteiger charge is 2.07. The summed E-state index contributed by atoms with van der Waals surface area (Å²) in [6.07, 6.45) is 3.34. The van der Waals surface area contributed by atoms with E-state index in [1.54, 1.807) is 17.0 Å². The molecule has 0 fully saturated rings. The lowest BCUT2D eigenvalue weighted by Crippen LogP contribution is -2.23. The molecule has 0 amide bonds. The number of nitrogens with zero attached hydrogens (tertiary/aromatic N) is 2. The van der Waals surface area contributed by atoms with Crippen molar-refractivity contribution in [2.75, 3.05) is 5.32 Å². The minimum Gasteiger partial charge on any atom is -0.361 e. The second-order valence-corrected chi connectivity index (χ2v) is 5.64. The zero-order chi connectivity index (χ0) is 16.2. The van der Waals surface area contributed by atoms with Gasteiger partial charge in [-0.1, -0.05) is 36.4 Å². The van der Waals surface area contributed by atoms with Gasteiger partial charge >= 0.3 is 0 Å². The van der Waals surface area contributed by atoms with Gasteiger partial charge in [-0.05, 0) is 42.7 Å². The monoisotopic (exact) mass is 305 g/mol. The summed E-state index contributed by atoms with van der Waals surface area (Å²) < 4.78 is 1.63. The summed E-state index contributed by atoms with van der Waals surface area (Å²) in [5.74, 6) is 0.357. The Morgan fingerprint density at radius 3 is 2.43 bits per heavy atom. The van der Waals surface area contributed by atoms with Crippen LogP contribution in [0.3, 0.4) is 0 Å². The molecule has 3 aromatic rings. The Morgan fingerprint density at radius 1 is 1.04 bits per heavy atom. The van der Waals surface area contributed by atoms with Crippen LogP contribution in [0.15, 0.2) is 65.7 Å². The summed E-state index contributed by atoms with van der Waals surface area (Å²) in [5.41, 5.74) is 4.08. The molecule has 0 unspecified atom stereocenters. The van der Waals surface area contributed by atoms with E-state index >= 15 is 0 Å². The van der Waals surface area contributed by atoms with Gasteiger partial charge in [0.15, 0.2) is 5.82 Å². The van der Waals surface area contributed by atoms with Gasteiger partial charge < -0.3 is 5.32 Å². The summed E-state index contributed by atoms with van der Waals surface area (Å²) in [6.45, 7) is 4.62. The number of aromatic nitrogens is 2. The molecule has 0 radical (unpaired) electrons. The molecular weight excluding hydrogens is 286 g/mol. The van der Waals surface area contributed by atoms with Gasteiger partial charge in [0.1, 0.15) is 0 Å². The van der Waals surface area contributed by atoms with E-state index in [2.05, 4.69) is 16.4 Å². The second kappa shape index (κ2) is 6.48. The first kappa shape index (κ1) is 15.0. The molecule has 0 bridgehead atoms. The number of anilines is 1. The van der Waals surface area contributed by atoms with E-state index in [-0.39, 0.29) is 5.56 Å². The first-order valence-corrected chi connectivity index (χ1v) is 7.57. The van der Waals surface area contributed by atoms with Crippen LogP contribution in [0.5, 0.6) is 0 Å². The first-order chi connectivity index (χ1) is 11.1. The summed E-state index contributed by atoms with van der Waals surface area (Å²) in [6, 6.07) is 16.0. The van der Waals surface area contributed by atoms with Crippen LogP contribution in [0, 0.1) is 13.8 Å². The Labute approximate surface area is 135 Å². The fourth-order valence-corrected chi connectivity index (χ4v) is 2.61. The van der Waals surface area contributed by atoms with Gasteiger partial charge in [0, 0.05) is 24.6 Å². The topological polar surface area (TPSA) is 46.9 Å². The number of hydrogen-bond acceptors (Lipinski definition) is 3. The quantitative estimate of drug-likeness (QED) is 0.803. The molecule has 4 heteroatoms. The Balaban J connectivity index is 1.91. The highest BCUT2D eigenvalue weighted by Crippen LogP contribution is 2.12. The fraction of sp³-hybridized carbons (Fsp3) is 0.158. The van der Waals surface area contributed by atoms with Crippen LogP contribution in [0.4, 0.5) is 5.82 Å². The third kappa shape index (κ3) is 3.48. The molecule has 0 saturated heterocycles. The molecule has 0 saturated carbocycles. The van der Waals surface area contributed by atoms with E-state index in [9.17, 15) is 4.79 Å². The zero-order valence-corrected chi connectivity index (χ0v) is 13.3. The fourth-order valence-electron chi connectivity index (χ4n) is 2.61. The second-order valence-electron chi connectivity index (χ2n) is 5.64. The zero-order valence-electron chi connectivity index (χ0n) is 13.3. The van der Waals surface area contributed by atoms with Crippen molar-refractivity contribution in [1.29, 1.82) is 0 Å². The molecule has 0 spiro atoms. The number of aryl methyl sites for hydroxylation is 2. The van der Waals surface area contributed by atoms with Crippen molar-refractivity contribution in [3.63, 3.8) is 0 Å². The van der Waals surface area contributed by atoms with Crippen LogP contribution >= 0.6 is 0 Å². The summed E-state index contributed by atoms with van der Waals surface area (Å²) in [7, 11) is 0. The van der Waals surface area contributed by atoms with Gasteiger partial charge in [-0.3, -0.25) is 9.36 Å². The van der Waals surface area contributed by atoms with E-state index in [0.29, 0.717) is 12.4 Å². The Bertz CT molecular complexity index is 849. The molecule has 0 aliphatic carbocycles. The maximum absolute atomic E-state index is 12.7. The smallest absolute Gasteiger partial charge is 0.297 e. The summed E-state index contributed by atoms with van der Waals surface area (Å²) in [5, 5.41) is 3.12. The molecule has 0 atom stereocenters. The molecular formula is C19H19N3O. The van der Waals surface area contributed by atoms with Crippen molar-refractivity contribution in [1.82, 2.24) is 9.55 Å². The lowest BCUT2D eigenvalue weighted by Gasteiger charge is -2.10. The van der Waals surface area contributed by atoms with Crippen molar-refractivity contribution in [3.8, 4) is 5.69 Å². The number of hydrogen-bond donors (Lipinski definition) is 1. The van der Waals surface area contributed by atoms with Gasteiger partial charge in [0.25, 0.3) is 5.56 Å². The van der Waals surface area contributed by atoms with Crippen LogP contribution in [-0.4, -0.2) is 9.55 Å². The van der Waals surface area contributed by atoms with E-state index in [1.807, 2.05) is 56.3 Å². The van der Waals surface area contributed by atoms with E-state index in [4.69, 9.17) is 0 Å². The largest absolute Gasteiger partial charge is 0.361 e. The normalized spacial score (nSPS) is 10.5. The van der Waals surface area contributed by atoms with Gasteiger partial charge in [-0.15, -0.1) is 0 Å². The molecule has 0 aliphatic rings. The van der Waals surface area contributed by atoms with Crippen LogP contribution in [-0.2, 0) is 6.54 Å². The van der Waals surface area contributed by atoms with E-state index in [1.165, 1.54) is 0 Å². The standard InChI is InChI=1S/C19H19N3O/c1-14-10-15(2)12-17(11-14)22-9-8-20-18(19(22)23)21-13-16-6-4-3-5-7-16/h3-12H,13H2,1-2H3,(H,20,21). The Morgan fingerprint density at radius 2 is 1.74 bits per heavy atom. The van der Waals surface area contributed by atoms with Crippen molar-refractivity contribution >= 4 is 5.82 Å². The number of nitrogens with one attached hydrogen (secondary N) is 1. The Hall–Kier alpha value is -2.88. The average molecular weight is 305 g/mol. The average Bonchev–Trinajstić information content (AvgIpc) is 2.54. The molecule has 4 nitrogen and oxygen atoms in total. The summed E-state index contributed by atoms with van der Waals surface area (Å²) in [4.78, 5) is 16.8. The van der Waals surface area contributed by atoms with Gasteiger partial charge in [-0.2, -0.15) is 0 Å². The molecule has 1 heterocycles. The molecule has 2 aromatic carbocycles. The minimum atomic E-state index is -0.145. The maximum atomic E-state index is 12.7. The van der Waals surface area contributed by atoms with Crippen LogP contribution in [0.1, 0.15) is 16.7 Å². The van der Waals surface area contributed by atoms with Crippen molar-refractivity contribution < 1.29 is 0 Å². The van der Waals surface area contributed by atoms with Gasteiger partial charge in [0.05, 0.1) is 0 Å². The van der Waals surface area contributed by atoms with Crippen LogP contribution in [0.2, 0.25) is 0 Å². The lowest BCUT2D eigenvalue weighted by atomic mass is 10.1. The van der Waals surface area contributed by atoms with Crippen LogP contribution < -0.4 is 10.9 Å². The molecule has 3 rings (SSSR count). The lowest BCUT2D eigenvalue weighted by molar-refractivity contribution is 0.941. The first-order valence-electron chi connectivity index (χ1n) is 7.57. The number of benzene rings is 2. The predicted octanol–water partition coefficient (Wildman–Crippen LogP) is 3.46. The van der Waals surface area contributed by atoms with Gasteiger partial charge in [-0.25, -0.2) is 4.98 Å². The molecule has 23 heavy (non-hydrogen) atoms. The predicted molar refractivity (Wildman–Crippen MR) is 93.1 cm³/mol. The molecule has 0 aliphatic heterocycles. The highest BCUT2D eigenvalue weighted by molar-refractivity contribution is 5.42.